The maximum atomic E-state index is 4.27. The lowest BCUT2D eigenvalue weighted by molar-refractivity contribution is 0.545. The second kappa shape index (κ2) is 5.47. The molecule has 100 valence electrons. The van der Waals surface area contributed by atoms with Gasteiger partial charge in [0.1, 0.15) is 0 Å². The first-order chi connectivity index (χ1) is 9.25. The quantitative estimate of drug-likeness (QED) is 0.907. The summed E-state index contributed by atoms with van der Waals surface area (Å²) in [5.74, 6) is 0. The lowest BCUT2D eigenvalue weighted by Gasteiger charge is -2.16. The summed E-state index contributed by atoms with van der Waals surface area (Å²) in [7, 11) is 0. The zero-order chi connectivity index (χ0) is 13.2. The molecular formula is C15H18BrN3. The monoisotopic (exact) mass is 319 g/mol. The molecule has 1 N–H and O–H groups in total. The van der Waals surface area contributed by atoms with E-state index < -0.39 is 0 Å². The molecule has 1 heterocycles. The average molecular weight is 320 g/mol. The molecule has 1 aromatic heterocycles. The van der Waals surface area contributed by atoms with Crippen molar-refractivity contribution in [1.29, 1.82) is 0 Å². The van der Waals surface area contributed by atoms with E-state index in [-0.39, 0.29) is 0 Å². The molecule has 1 fully saturated rings. The zero-order valence-corrected chi connectivity index (χ0v) is 12.6. The van der Waals surface area contributed by atoms with Gasteiger partial charge in [-0.3, -0.25) is 0 Å². The third kappa shape index (κ3) is 2.90. The number of nitrogens with one attached hydrogen (secondary N) is 1. The van der Waals surface area contributed by atoms with E-state index in [0.717, 1.165) is 11.0 Å². The van der Waals surface area contributed by atoms with Gasteiger partial charge in [0.05, 0.1) is 12.0 Å². The van der Waals surface area contributed by atoms with Gasteiger partial charge in [-0.2, -0.15) is 0 Å². The highest BCUT2D eigenvalue weighted by Gasteiger charge is 2.25. The van der Waals surface area contributed by atoms with E-state index in [9.17, 15) is 0 Å². The fourth-order valence-electron chi connectivity index (χ4n) is 2.34. The lowest BCUT2D eigenvalue weighted by Crippen LogP contribution is -2.20. The predicted molar refractivity (Wildman–Crippen MR) is 79.9 cm³/mol. The van der Waals surface area contributed by atoms with Crippen LogP contribution in [0.1, 0.15) is 43.1 Å². The summed E-state index contributed by atoms with van der Waals surface area (Å²) in [5, 5.41) is 3.57. The second-order valence-electron chi connectivity index (χ2n) is 5.15. The molecule has 0 radical (unpaired) electrons. The van der Waals surface area contributed by atoms with Gasteiger partial charge in [0.25, 0.3) is 0 Å². The zero-order valence-electron chi connectivity index (χ0n) is 11.0. The molecule has 1 unspecified atom stereocenters. The lowest BCUT2D eigenvalue weighted by atomic mass is 10.1. The van der Waals surface area contributed by atoms with Gasteiger partial charge in [0.15, 0.2) is 0 Å². The molecule has 0 spiro atoms. The van der Waals surface area contributed by atoms with E-state index in [4.69, 9.17) is 0 Å². The summed E-state index contributed by atoms with van der Waals surface area (Å²) >= 11 is 3.61. The van der Waals surface area contributed by atoms with E-state index in [1.165, 1.54) is 24.1 Å². The maximum absolute atomic E-state index is 4.27. The largest absolute Gasteiger partial charge is 0.330 e. The molecule has 1 aromatic carbocycles. The van der Waals surface area contributed by atoms with Crippen molar-refractivity contribution in [3.05, 3.63) is 52.5 Å². The molecule has 4 heteroatoms. The van der Waals surface area contributed by atoms with Gasteiger partial charge in [-0.15, -0.1) is 0 Å². The van der Waals surface area contributed by atoms with Gasteiger partial charge >= 0.3 is 0 Å². The number of hydrogen-bond donors (Lipinski definition) is 1. The third-order valence-corrected chi connectivity index (χ3v) is 4.37. The fourth-order valence-corrected chi connectivity index (χ4v) is 2.97. The Bertz CT molecular complexity index is 560. The molecule has 1 aliphatic carbocycles. The Labute approximate surface area is 122 Å². The summed E-state index contributed by atoms with van der Waals surface area (Å²) in [5.41, 5.74) is 2.57. The van der Waals surface area contributed by atoms with Gasteiger partial charge in [-0.25, -0.2) is 4.98 Å². The minimum absolute atomic E-state index is 0.318. The van der Waals surface area contributed by atoms with Gasteiger partial charge in [0, 0.05) is 29.3 Å². The van der Waals surface area contributed by atoms with Gasteiger partial charge < -0.3 is 9.88 Å². The molecular weight excluding hydrogens is 302 g/mol. The topological polar surface area (TPSA) is 29.9 Å². The van der Waals surface area contributed by atoms with Gasteiger partial charge in [0.2, 0.25) is 0 Å². The summed E-state index contributed by atoms with van der Waals surface area (Å²) in [6, 6.07) is 9.37. The van der Waals surface area contributed by atoms with Gasteiger partial charge in [-0.1, -0.05) is 34.1 Å². The Hall–Kier alpha value is -1.13. The van der Waals surface area contributed by atoms with Crippen molar-refractivity contribution in [3.63, 3.8) is 0 Å². The molecule has 2 aromatic rings. The first-order valence-corrected chi connectivity index (χ1v) is 7.53. The van der Waals surface area contributed by atoms with Crippen molar-refractivity contribution < 1.29 is 0 Å². The minimum Gasteiger partial charge on any atom is -0.330 e. The van der Waals surface area contributed by atoms with Crippen LogP contribution in [-0.4, -0.2) is 9.55 Å². The smallest absolute Gasteiger partial charge is 0.0951 e. The van der Waals surface area contributed by atoms with Crippen molar-refractivity contribution >= 4 is 15.9 Å². The first kappa shape index (κ1) is 12.9. The Morgan fingerprint density at radius 1 is 1.42 bits per heavy atom. The Balaban J connectivity index is 1.65. The van der Waals surface area contributed by atoms with Crippen molar-refractivity contribution in [2.24, 2.45) is 0 Å². The van der Waals surface area contributed by atoms with Crippen molar-refractivity contribution in [1.82, 2.24) is 14.9 Å². The van der Waals surface area contributed by atoms with E-state index >= 15 is 0 Å². The molecule has 3 rings (SSSR count). The minimum atomic E-state index is 0.318. The predicted octanol–water partition coefficient (Wildman–Crippen LogP) is 3.83. The number of halogens is 1. The Morgan fingerprint density at radius 3 is 2.95 bits per heavy atom. The van der Waals surface area contributed by atoms with Crippen LogP contribution >= 0.6 is 15.9 Å². The molecule has 19 heavy (non-hydrogen) atoms. The van der Waals surface area contributed by atoms with Crippen molar-refractivity contribution in [3.8, 4) is 0 Å². The standard InChI is InChI=1S/C15H18BrN3/c1-11(14-4-2-3-5-15(14)16)18-9-13-8-17-10-19(13)12-6-7-12/h2-5,8,10-12,18H,6-7,9H2,1H3. The van der Waals surface area contributed by atoms with E-state index in [2.05, 4.69) is 55.9 Å². The molecule has 0 amide bonds. The second-order valence-corrected chi connectivity index (χ2v) is 6.00. The third-order valence-electron chi connectivity index (χ3n) is 3.65. The van der Waals surface area contributed by atoms with Gasteiger partial charge in [-0.05, 0) is 31.4 Å². The molecule has 0 bridgehead atoms. The molecule has 0 saturated heterocycles. The molecule has 3 nitrogen and oxygen atoms in total. The Kier molecular flexibility index (Phi) is 3.71. The number of hydrogen-bond acceptors (Lipinski definition) is 2. The fraction of sp³-hybridized carbons (Fsp3) is 0.400. The van der Waals surface area contributed by atoms with E-state index in [1.54, 1.807) is 0 Å². The normalized spacial score (nSPS) is 16.5. The molecule has 0 aliphatic heterocycles. The van der Waals surface area contributed by atoms with Crippen LogP contribution in [0.2, 0.25) is 0 Å². The van der Waals surface area contributed by atoms with Crippen molar-refractivity contribution in [2.75, 3.05) is 0 Å². The van der Waals surface area contributed by atoms with E-state index in [1.807, 2.05) is 18.6 Å². The first-order valence-electron chi connectivity index (χ1n) is 6.74. The van der Waals surface area contributed by atoms with E-state index in [0.29, 0.717) is 12.1 Å². The average Bonchev–Trinajstić information content (AvgIpc) is 3.15. The van der Waals surface area contributed by atoms with Crippen LogP contribution in [0.4, 0.5) is 0 Å². The summed E-state index contributed by atoms with van der Waals surface area (Å²) in [6.45, 7) is 3.05. The number of rotatable bonds is 5. The molecule has 1 atom stereocenters. The highest BCUT2D eigenvalue weighted by atomic mass is 79.9. The highest BCUT2D eigenvalue weighted by Crippen LogP contribution is 2.35. The molecule has 1 aliphatic rings. The number of benzene rings is 1. The summed E-state index contributed by atoms with van der Waals surface area (Å²) in [6.07, 6.45) is 6.52. The summed E-state index contributed by atoms with van der Waals surface area (Å²) < 4.78 is 3.46. The number of nitrogens with zero attached hydrogens (tertiary/aromatic N) is 2. The maximum Gasteiger partial charge on any atom is 0.0951 e. The van der Waals surface area contributed by atoms with Crippen LogP contribution < -0.4 is 5.32 Å². The Morgan fingerprint density at radius 2 is 2.21 bits per heavy atom. The van der Waals surface area contributed by atoms with Crippen LogP contribution in [0.3, 0.4) is 0 Å². The van der Waals surface area contributed by atoms with Crippen LogP contribution in [0.5, 0.6) is 0 Å². The number of aromatic nitrogens is 2. The SMILES string of the molecule is CC(NCc1cncn1C1CC1)c1ccccc1Br. The van der Waals surface area contributed by atoms with Crippen LogP contribution in [-0.2, 0) is 6.54 Å². The van der Waals surface area contributed by atoms with Crippen LogP contribution in [0.25, 0.3) is 0 Å². The molecule has 1 saturated carbocycles. The summed E-state index contributed by atoms with van der Waals surface area (Å²) in [4.78, 5) is 4.27. The highest BCUT2D eigenvalue weighted by molar-refractivity contribution is 9.10. The van der Waals surface area contributed by atoms with Crippen molar-refractivity contribution in [2.45, 2.75) is 38.4 Å². The van der Waals surface area contributed by atoms with Crippen LogP contribution in [0.15, 0.2) is 41.3 Å². The van der Waals surface area contributed by atoms with Crippen LogP contribution in [0, 0.1) is 0 Å². The number of imidazole rings is 1.